The van der Waals surface area contributed by atoms with Crippen LogP contribution in [0.5, 0.6) is 0 Å². The second-order valence-corrected chi connectivity index (χ2v) is 9.61. The number of hydrogen-bond donors (Lipinski definition) is 1. The molecule has 1 N–H and O–H groups in total. The maximum absolute atomic E-state index is 12.5. The molecule has 0 atom stereocenters. The summed E-state index contributed by atoms with van der Waals surface area (Å²) in [7, 11) is -1.39. The summed E-state index contributed by atoms with van der Waals surface area (Å²) in [6.07, 6.45) is 4.89. The van der Waals surface area contributed by atoms with E-state index in [4.69, 9.17) is 0 Å². The van der Waals surface area contributed by atoms with Crippen LogP contribution < -0.4 is 4.90 Å². The van der Waals surface area contributed by atoms with Crippen LogP contribution in [0.15, 0.2) is 18.6 Å². The van der Waals surface area contributed by atoms with E-state index < -0.39 is 16.6 Å². The normalized spacial score (nSPS) is 23.7. The van der Waals surface area contributed by atoms with Crippen LogP contribution in [-0.4, -0.2) is 72.8 Å². The summed E-state index contributed by atoms with van der Waals surface area (Å²) in [5, 5.41) is 0.943. The molecule has 2 aliphatic rings. The van der Waals surface area contributed by atoms with E-state index in [1.54, 1.807) is 0 Å². The second-order valence-electron chi connectivity index (χ2n) is 7.59. The molecule has 2 aromatic rings. The molecule has 8 nitrogen and oxygen atoms in total. The van der Waals surface area contributed by atoms with E-state index in [0.29, 0.717) is 0 Å². The van der Waals surface area contributed by atoms with Gasteiger partial charge in [0.1, 0.15) is 17.8 Å². The number of fused-ring (bicyclic) bond motifs is 1. The number of ether oxygens (including phenoxy) is 1. The van der Waals surface area contributed by atoms with Gasteiger partial charge < -0.3 is 14.6 Å². The Morgan fingerprint density at radius 2 is 2.07 bits per heavy atom. The van der Waals surface area contributed by atoms with Gasteiger partial charge in [-0.3, -0.25) is 0 Å². The standard InChI is InChI=1S/C17H23F2N5O3S/c1-23(16-14-2-3-20-15(14)21-10-22-16)13-4-11(5-13)9-28(25,26)24-6-12(7-24)8-27-17(18)19/h2-3,10-13,17H,4-9H2,1H3,(H,20,21,22). The molecule has 0 aromatic carbocycles. The number of rotatable bonds is 8. The summed E-state index contributed by atoms with van der Waals surface area (Å²) >= 11 is 0. The van der Waals surface area contributed by atoms with Crippen LogP contribution in [-0.2, 0) is 14.8 Å². The number of H-pyrrole nitrogens is 1. The predicted molar refractivity (Wildman–Crippen MR) is 99.6 cm³/mol. The van der Waals surface area contributed by atoms with E-state index in [-0.39, 0.29) is 43.3 Å². The van der Waals surface area contributed by atoms with Crippen LogP contribution >= 0.6 is 0 Å². The van der Waals surface area contributed by atoms with Crippen LogP contribution in [0.25, 0.3) is 11.0 Å². The van der Waals surface area contributed by atoms with Gasteiger partial charge in [-0.25, -0.2) is 22.7 Å². The van der Waals surface area contributed by atoms with Crippen molar-refractivity contribution in [3.8, 4) is 0 Å². The van der Waals surface area contributed by atoms with E-state index in [1.807, 2.05) is 19.3 Å². The number of hydrogen-bond acceptors (Lipinski definition) is 6. The highest BCUT2D eigenvalue weighted by Gasteiger charge is 2.41. The van der Waals surface area contributed by atoms with Crippen molar-refractivity contribution in [2.45, 2.75) is 25.5 Å². The largest absolute Gasteiger partial charge is 0.356 e. The zero-order valence-electron chi connectivity index (χ0n) is 15.5. The maximum atomic E-state index is 12.5. The monoisotopic (exact) mass is 415 g/mol. The fraction of sp³-hybridized carbons (Fsp3) is 0.647. The fourth-order valence-electron chi connectivity index (χ4n) is 3.93. The Hall–Kier alpha value is -1.85. The SMILES string of the molecule is CN(c1ncnc2[nH]ccc12)C1CC(CS(=O)(=O)N2CC(COC(F)F)C2)C1. The van der Waals surface area contributed by atoms with Crippen molar-refractivity contribution >= 4 is 26.9 Å². The quantitative estimate of drug-likeness (QED) is 0.705. The van der Waals surface area contributed by atoms with E-state index in [1.165, 1.54) is 10.6 Å². The minimum Gasteiger partial charge on any atom is -0.356 e. The third-order valence-corrected chi connectivity index (χ3v) is 7.62. The molecule has 0 unspecified atom stereocenters. The Morgan fingerprint density at radius 1 is 1.32 bits per heavy atom. The second kappa shape index (κ2) is 7.53. The molecule has 0 spiro atoms. The first-order valence-corrected chi connectivity index (χ1v) is 10.8. The zero-order chi connectivity index (χ0) is 19.9. The van der Waals surface area contributed by atoms with Crippen LogP contribution in [0.3, 0.4) is 0 Å². The van der Waals surface area contributed by atoms with Crippen molar-refractivity contribution < 1.29 is 21.9 Å². The lowest BCUT2D eigenvalue weighted by atomic mass is 9.81. The molecule has 1 saturated carbocycles. The van der Waals surface area contributed by atoms with E-state index in [0.717, 1.165) is 29.7 Å². The lowest BCUT2D eigenvalue weighted by molar-refractivity contribution is -0.145. The first kappa shape index (κ1) is 19.5. The molecule has 3 heterocycles. The molecule has 2 aromatic heterocycles. The van der Waals surface area contributed by atoms with Gasteiger partial charge in [-0.05, 0) is 24.8 Å². The zero-order valence-corrected chi connectivity index (χ0v) is 16.3. The van der Waals surface area contributed by atoms with E-state index in [2.05, 4.69) is 24.6 Å². The van der Waals surface area contributed by atoms with Crippen LogP contribution in [0.4, 0.5) is 14.6 Å². The predicted octanol–water partition coefficient (Wildman–Crippen LogP) is 1.67. The third-order valence-electron chi connectivity index (χ3n) is 5.65. The summed E-state index contributed by atoms with van der Waals surface area (Å²) in [5.74, 6) is 0.883. The van der Waals surface area contributed by atoms with Crippen molar-refractivity contribution in [3.63, 3.8) is 0 Å². The lowest BCUT2D eigenvalue weighted by Gasteiger charge is -2.44. The molecule has 2 fully saturated rings. The maximum Gasteiger partial charge on any atom is 0.345 e. The van der Waals surface area contributed by atoms with Crippen molar-refractivity contribution in [2.75, 3.05) is 37.4 Å². The molecule has 0 amide bonds. The molecular formula is C17H23F2N5O3S. The van der Waals surface area contributed by atoms with E-state index in [9.17, 15) is 17.2 Å². The summed E-state index contributed by atoms with van der Waals surface area (Å²) in [4.78, 5) is 13.7. The van der Waals surface area contributed by atoms with E-state index >= 15 is 0 Å². The molecule has 28 heavy (non-hydrogen) atoms. The number of nitrogens with zero attached hydrogens (tertiary/aromatic N) is 4. The summed E-state index contributed by atoms with van der Waals surface area (Å²) in [6.45, 7) is -2.39. The summed E-state index contributed by atoms with van der Waals surface area (Å²) in [6, 6.07) is 2.16. The van der Waals surface area contributed by atoms with Crippen molar-refractivity contribution in [3.05, 3.63) is 18.6 Å². The van der Waals surface area contributed by atoms with Gasteiger partial charge in [0.25, 0.3) is 0 Å². The smallest absolute Gasteiger partial charge is 0.345 e. The average molecular weight is 415 g/mol. The highest BCUT2D eigenvalue weighted by atomic mass is 32.2. The van der Waals surface area contributed by atoms with Crippen LogP contribution in [0.2, 0.25) is 0 Å². The molecular weight excluding hydrogens is 392 g/mol. The van der Waals surface area contributed by atoms with Gasteiger partial charge in [0.2, 0.25) is 10.0 Å². The number of sulfonamides is 1. The Morgan fingerprint density at radius 3 is 2.79 bits per heavy atom. The van der Waals surface area contributed by atoms with Gasteiger partial charge in [0.05, 0.1) is 17.7 Å². The number of halogens is 2. The molecule has 1 saturated heterocycles. The summed E-state index contributed by atoms with van der Waals surface area (Å²) in [5.41, 5.74) is 0.776. The molecule has 1 aliphatic heterocycles. The highest BCUT2D eigenvalue weighted by molar-refractivity contribution is 7.89. The topological polar surface area (TPSA) is 91.4 Å². The summed E-state index contributed by atoms with van der Waals surface area (Å²) < 4.78 is 54.7. The Labute approximate surface area is 161 Å². The molecule has 0 radical (unpaired) electrons. The van der Waals surface area contributed by atoms with Gasteiger partial charge >= 0.3 is 6.61 Å². The highest BCUT2D eigenvalue weighted by Crippen LogP contribution is 2.36. The molecule has 0 bridgehead atoms. The average Bonchev–Trinajstić information content (AvgIpc) is 3.03. The number of alkyl halides is 2. The first-order valence-electron chi connectivity index (χ1n) is 9.22. The first-order chi connectivity index (χ1) is 13.3. The third kappa shape index (κ3) is 3.83. The van der Waals surface area contributed by atoms with Gasteiger partial charge in [-0.15, -0.1) is 0 Å². The number of anilines is 1. The van der Waals surface area contributed by atoms with Gasteiger partial charge in [0, 0.05) is 38.3 Å². The minimum atomic E-state index is -3.35. The van der Waals surface area contributed by atoms with Gasteiger partial charge in [0.15, 0.2) is 0 Å². The lowest BCUT2D eigenvalue weighted by Crippen LogP contribution is -2.54. The van der Waals surface area contributed by atoms with Gasteiger partial charge in [-0.2, -0.15) is 8.78 Å². The van der Waals surface area contributed by atoms with Crippen molar-refractivity contribution in [2.24, 2.45) is 11.8 Å². The number of aromatic amines is 1. The number of aromatic nitrogens is 3. The fourth-order valence-corrected chi connectivity index (χ4v) is 5.89. The Balaban J connectivity index is 1.27. The molecule has 11 heteroatoms. The molecule has 154 valence electrons. The minimum absolute atomic E-state index is 0.0948. The van der Waals surface area contributed by atoms with Crippen molar-refractivity contribution in [1.82, 2.24) is 19.3 Å². The molecule has 4 rings (SSSR count). The molecule has 1 aliphatic carbocycles. The van der Waals surface area contributed by atoms with Crippen LogP contribution in [0, 0.1) is 11.8 Å². The Bertz CT molecular complexity index is 926. The van der Waals surface area contributed by atoms with Crippen molar-refractivity contribution in [1.29, 1.82) is 0 Å². The van der Waals surface area contributed by atoms with Gasteiger partial charge in [-0.1, -0.05) is 0 Å². The Kier molecular flexibility index (Phi) is 5.23. The van der Waals surface area contributed by atoms with Crippen LogP contribution in [0.1, 0.15) is 12.8 Å². The number of nitrogens with one attached hydrogen (secondary N) is 1.